The van der Waals surface area contributed by atoms with Gasteiger partial charge in [0, 0.05) is 6.54 Å². The highest BCUT2D eigenvalue weighted by molar-refractivity contribution is 7.99. The Morgan fingerprint density at radius 3 is 3.12 bits per heavy atom. The van der Waals surface area contributed by atoms with Crippen molar-refractivity contribution in [2.45, 2.75) is 11.7 Å². The highest BCUT2D eigenvalue weighted by Crippen LogP contribution is 2.32. The summed E-state index contributed by atoms with van der Waals surface area (Å²) in [5.74, 6) is 1.33. The molecule has 0 aliphatic carbocycles. The zero-order chi connectivity index (χ0) is 17.2. The third kappa shape index (κ3) is 3.29. The third-order valence-electron chi connectivity index (χ3n) is 3.54. The van der Waals surface area contributed by atoms with E-state index in [4.69, 9.17) is 9.47 Å². The Balaban J connectivity index is 1.33. The van der Waals surface area contributed by atoms with Gasteiger partial charge in [-0.1, -0.05) is 17.8 Å². The van der Waals surface area contributed by atoms with Gasteiger partial charge in [0.15, 0.2) is 27.8 Å². The van der Waals surface area contributed by atoms with E-state index in [0.717, 1.165) is 17.3 Å². The molecule has 2 aromatic heterocycles. The predicted molar refractivity (Wildman–Crippen MR) is 89.6 cm³/mol. The Morgan fingerprint density at radius 1 is 1.32 bits per heavy atom. The maximum atomic E-state index is 12.0. The minimum absolute atomic E-state index is 0.128. The molecule has 9 nitrogen and oxygen atoms in total. The minimum atomic E-state index is -0.314. The molecule has 1 aromatic carbocycles. The van der Waals surface area contributed by atoms with E-state index in [1.54, 1.807) is 0 Å². The van der Waals surface area contributed by atoms with E-state index in [2.05, 4.69) is 25.3 Å². The zero-order valence-electron chi connectivity index (χ0n) is 12.9. The Hall–Kier alpha value is -3.01. The number of ether oxygens (including phenoxy) is 2. The van der Waals surface area contributed by atoms with Gasteiger partial charge < -0.3 is 19.8 Å². The van der Waals surface area contributed by atoms with Gasteiger partial charge >= 0.3 is 0 Å². The molecular weight excluding hydrogens is 346 g/mol. The molecule has 3 heterocycles. The van der Waals surface area contributed by atoms with Crippen molar-refractivity contribution in [1.82, 2.24) is 25.3 Å². The van der Waals surface area contributed by atoms with Crippen molar-refractivity contribution in [1.29, 1.82) is 0 Å². The molecule has 0 radical (unpaired) electrons. The largest absolute Gasteiger partial charge is 0.454 e. The Labute approximate surface area is 145 Å². The maximum Gasteiger partial charge on any atom is 0.277 e. The molecular formula is C15H13N5O4S. The number of fused-ring (bicyclic) bond motifs is 2. The van der Waals surface area contributed by atoms with Crippen LogP contribution in [0.3, 0.4) is 0 Å². The Kier molecular flexibility index (Phi) is 4.02. The lowest BCUT2D eigenvalue weighted by Crippen LogP contribution is -2.24. The zero-order valence-corrected chi connectivity index (χ0v) is 13.7. The average molecular weight is 359 g/mol. The van der Waals surface area contributed by atoms with Crippen molar-refractivity contribution in [3.63, 3.8) is 0 Å². The average Bonchev–Trinajstić information content (AvgIpc) is 3.26. The molecule has 0 unspecified atom stereocenters. The van der Waals surface area contributed by atoms with Gasteiger partial charge in [-0.05, 0) is 17.7 Å². The summed E-state index contributed by atoms with van der Waals surface area (Å²) in [5, 5.41) is 3.16. The molecule has 1 amide bonds. The smallest absolute Gasteiger partial charge is 0.277 e. The van der Waals surface area contributed by atoms with Gasteiger partial charge in [0.2, 0.25) is 12.7 Å². The van der Waals surface area contributed by atoms with Crippen LogP contribution in [-0.4, -0.2) is 38.4 Å². The van der Waals surface area contributed by atoms with E-state index < -0.39 is 0 Å². The quantitative estimate of drug-likeness (QED) is 0.454. The summed E-state index contributed by atoms with van der Waals surface area (Å²) >= 11 is 1.14. The molecule has 1 aliphatic heterocycles. The summed E-state index contributed by atoms with van der Waals surface area (Å²) in [6.07, 6.45) is 1.40. The highest BCUT2D eigenvalue weighted by atomic mass is 32.2. The number of carbonyl (C=O) groups is 1. The molecule has 0 fully saturated rings. The third-order valence-corrected chi connectivity index (χ3v) is 4.41. The normalized spacial score (nSPS) is 12.5. The van der Waals surface area contributed by atoms with E-state index >= 15 is 0 Å². The molecule has 4 rings (SSSR count). The summed E-state index contributed by atoms with van der Waals surface area (Å²) in [4.78, 5) is 37.2. The SMILES string of the molecule is O=C(CSc1nc2nc[nH]c2c(=O)[nH]1)NCc1ccc2c(c1)OCO2. The van der Waals surface area contributed by atoms with Crippen LogP contribution in [-0.2, 0) is 11.3 Å². The molecule has 3 aromatic rings. The second-order valence-electron chi connectivity index (χ2n) is 5.23. The van der Waals surface area contributed by atoms with E-state index in [1.807, 2.05) is 18.2 Å². The number of aromatic nitrogens is 4. The predicted octanol–water partition coefficient (Wildman–Crippen LogP) is 0.783. The first kappa shape index (κ1) is 15.5. The second-order valence-corrected chi connectivity index (χ2v) is 6.19. The number of imidazole rings is 1. The Morgan fingerprint density at radius 2 is 2.20 bits per heavy atom. The van der Waals surface area contributed by atoms with E-state index in [-0.39, 0.29) is 24.0 Å². The van der Waals surface area contributed by atoms with Gasteiger partial charge in [0.1, 0.15) is 0 Å². The van der Waals surface area contributed by atoms with Crippen LogP contribution in [0.5, 0.6) is 11.5 Å². The number of aromatic amines is 2. The van der Waals surface area contributed by atoms with Crippen LogP contribution in [0.15, 0.2) is 34.5 Å². The second kappa shape index (κ2) is 6.48. The van der Waals surface area contributed by atoms with Crippen molar-refractivity contribution in [2.24, 2.45) is 0 Å². The summed E-state index contributed by atoms with van der Waals surface area (Å²) in [6.45, 7) is 0.589. The monoisotopic (exact) mass is 359 g/mol. The molecule has 0 spiro atoms. The summed E-state index contributed by atoms with van der Waals surface area (Å²) in [5.41, 5.74) is 1.24. The van der Waals surface area contributed by atoms with Crippen molar-refractivity contribution in [3.05, 3.63) is 40.4 Å². The molecule has 25 heavy (non-hydrogen) atoms. The van der Waals surface area contributed by atoms with Gasteiger partial charge in [-0.25, -0.2) is 9.97 Å². The molecule has 0 bridgehead atoms. The number of amides is 1. The van der Waals surface area contributed by atoms with Crippen LogP contribution in [0.4, 0.5) is 0 Å². The molecule has 3 N–H and O–H groups in total. The maximum absolute atomic E-state index is 12.0. The fraction of sp³-hybridized carbons (Fsp3) is 0.200. The number of nitrogens with one attached hydrogen (secondary N) is 3. The molecule has 0 saturated heterocycles. The van der Waals surface area contributed by atoms with Crippen LogP contribution in [0.25, 0.3) is 11.2 Å². The number of nitrogens with zero attached hydrogens (tertiary/aromatic N) is 2. The van der Waals surface area contributed by atoms with Gasteiger partial charge in [0.05, 0.1) is 12.1 Å². The number of carbonyl (C=O) groups excluding carboxylic acids is 1. The fourth-order valence-corrected chi connectivity index (χ4v) is 3.01. The number of thioether (sulfide) groups is 1. The first-order chi connectivity index (χ1) is 12.2. The number of H-pyrrole nitrogens is 2. The standard InChI is InChI=1S/C15H13N5O4S/c21-11(16-4-8-1-2-9-10(3-8)24-7-23-9)5-25-15-19-13-12(14(22)20-15)17-6-18-13/h1-3,6H,4-5,7H2,(H,16,21)(H2,17,18,19,20,22). The summed E-state index contributed by atoms with van der Waals surface area (Å²) < 4.78 is 10.5. The fourth-order valence-electron chi connectivity index (χ4n) is 2.33. The first-order valence-electron chi connectivity index (χ1n) is 7.40. The minimum Gasteiger partial charge on any atom is -0.454 e. The number of hydrogen-bond acceptors (Lipinski definition) is 7. The number of hydrogen-bond donors (Lipinski definition) is 3. The summed E-state index contributed by atoms with van der Waals surface area (Å²) in [7, 11) is 0. The first-order valence-corrected chi connectivity index (χ1v) is 8.39. The van der Waals surface area contributed by atoms with E-state index in [9.17, 15) is 9.59 Å². The van der Waals surface area contributed by atoms with Crippen LogP contribution in [0, 0.1) is 0 Å². The lowest BCUT2D eigenvalue weighted by atomic mass is 10.2. The van der Waals surface area contributed by atoms with Crippen LogP contribution < -0.4 is 20.3 Å². The van der Waals surface area contributed by atoms with Crippen molar-refractivity contribution < 1.29 is 14.3 Å². The van der Waals surface area contributed by atoms with Crippen LogP contribution >= 0.6 is 11.8 Å². The van der Waals surface area contributed by atoms with Gasteiger partial charge in [-0.15, -0.1) is 0 Å². The van der Waals surface area contributed by atoms with Crippen molar-refractivity contribution >= 4 is 28.8 Å². The molecule has 128 valence electrons. The Bertz CT molecular complexity index is 999. The molecule has 0 saturated carbocycles. The van der Waals surface area contributed by atoms with Gasteiger partial charge in [-0.3, -0.25) is 14.6 Å². The van der Waals surface area contributed by atoms with Gasteiger partial charge in [0.25, 0.3) is 5.56 Å². The molecule has 1 aliphatic rings. The van der Waals surface area contributed by atoms with Crippen LogP contribution in [0.1, 0.15) is 5.56 Å². The molecule has 10 heteroatoms. The highest BCUT2D eigenvalue weighted by Gasteiger charge is 2.14. The number of rotatable bonds is 5. The number of benzene rings is 1. The van der Waals surface area contributed by atoms with Crippen molar-refractivity contribution in [2.75, 3.05) is 12.5 Å². The van der Waals surface area contributed by atoms with E-state index in [1.165, 1.54) is 6.33 Å². The topological polar surface area (TPSA) is 122 Å². The van der Waals surface area contributed by atoms with E-state index in [0.29, 0.717) is 34.4 Å². The lowest BCUT2D eigenvalue weighted by Gasteiger charge is -2.06. The van der Waals surface area contributed by atoms with Crippen molar-refractivity contribution in [3.8, 4) is 11.5 Å². The summed E-state index contributed by atoms with van der Waals surface area (Å²) in [6, 6.07) is 5.51. The van der Waals surface area contributed by atoms with Gasteiger partial charge in [-0.2, -0.15) is 0 Å². The molecule has 0 atom stereocenters. The van der Waals surface area contributed by atoms with Crippen LogP contribution in [0.2, 0.25) is 0 Å². The lowest BCUT2D eigenvalue weighted by molar-refractivity contribution is -0.118.